The number of aliphatic hydroxyl groups is 1. The molecule has 6 nitrogen and oxygen atoms in total. The van der Waals surface area contributed by atoms with Crippen LogP contribution in [0.3, 0.4) is 0 Å². The van der Waals surface area contributed by atoms with Crippen LogP contribution < -0.4 is 5.32 Å². The zero-order valence-electron chi connectivity index (χ0n) is 14.8. The van der Waals surface area contributed by atoms with Crippen molar-refractivity contribution in [2.75, 3.05) is 5.32 Å². The lowest BCUT2D eigenvalue weighted by molar-refractivity contribution is -0.270. The van der Waals surface area contributed by atoms with Crippen LogP contribution in [0.2, 0.25) is 0 Å². The molecule has 1 aromatic carbocycles. The monoisotopic (exact) mass is 390 g/mol. The number of hydrogen-bond donors (Lipinski definition) is 2. The van der Waals surface area contributed by atoms with E-state index in [0.29, 0.717) is 0 Å². The van der Waals surface area contributed by atoms with E-state index in [1.807, 2.05) is 30.3 Å². The van der Waals surface area contributed by atoms with E-state index in [0.717, 1.165) is 21.9 Å². The lowest BCUT2D eigenvalue weighted by Gasteiger charge is -2.29. The Labute approximate surface area is 158 Å². The molecule has 2 aromatic heterocycles. The number of pyridine rings is 1. The van der Waals surface area contributed by atoms with Gasteiger partial charge in [0.05, 0.1) is 6.42 Å². The van der Waals surface area contributed by atoms with Crippen molar-refractivity contribution in [2.45, 2.75) is 18.2 Å². The summed E-state index contributed by atoms with van der Waals surface area (Å²) in [5, 5.41) is 12.5. The van der Waals surface area contributed by atoms with Gasteiger partial charge < -0.3 is 15.0 Å². The third-order valence-corrected chi connectivity index (χ3v) is 4.21. The van der Waals surface area contributed by atoms with Crippen LogP contribution in [0, 0.1) is 0 Å². The summed E-state index contributed by atoms with van der Waals surface area (Å²) < 4.78 is 41.5. The first-order valence-electron chi connectivity index (χ1n) is 8.29. The van der Waals surface area contributed by atoms with Crippen molar-refractivity contribution >= 4 is 11.7 Å². The van der Waals surface area contributed by atoms with Gasteiger partial charge in [-0.25, -0.2) is 9.97 Å². The van der Waals surface area contributed by atoms with Crippen molar-refractivity contribution < 1.29 is 23.1 Å². The van der Waals surface area contributed by atoms with Crippen LogP contribution in [-0.4, -0.2) is 31.7 Å². The molecule has 0 aliphatic heterocycles. The molecule has 2 heterocycles. The molecule has 0 aliphatic carbocycles. The van der Waals surface area contributed by atoms with E-state index in [-0.39, 0.29) is 5.82 Å². The number of aromatic nitrogens is 3. The fraction of sp³-hybridized carbons (Fsp3) is 0.211. The first kappa shape index (κ1) is 19.6. The van der Waals surface area contributed by atoms with Gasteiger partial charge in [0.15, 0.2) is 5.82 Å². The maximum Gasteiger partial charge on any atom is 0.425 e. The zero-order valence-corrected chi connectivity index (χ0v) is 14.8. The van der Waals surface area contributed by atoms with Crippen LogP contribution in [0.5, 0.6) is 0 Å². The molecule has 1 unspecified atom stereocenters. The normalized spacial score (nSPS) is 13.8. The lowest BCUT2D eigenvalue weighted by Crippen LogP contribution is -2.46. The van der Waals surface area contributed by atoms with Crippen LogP contribution in [-0.2, 0) is 17.4 Å². The minimum atomic E-state index is -5.09. The Kier molecular flexibility index (Phi) is 5.19. The van der Waals surface area contributed by atoms with E-state index in [4.69, 9.17) is 0 Å². The number of carbonyl (C=O) groups is 1. The molecule has 1 amide bonds. The van der Waals surface area contributed by atoms with Crippen molar-refractivity contribution in [3.63, 3.8) is 0 Å². The number of nitrogens with zero attached hydrogens (tertiary/aromatic N) is 3. The first-order valence-corrected chi connectivity index (χ1v) is 8.29. The average molecular weight is 390 g/mol. The largest absolute Gasteiger partial charge is 0.425 e. The number of imidazole rings is 1. The van der Waals surface area contributed by atoms with Crippen LogP contribution in [0.1, 0.15) is 12.2 Å². The molecule has 3 rings (SSSR count). The summed E-state index contributed by atoms with van der Waals surface area (Å²) in [6.07, 6.45) is -2.46. The summed E-state index contributed by atoms with van der Waals surface area (Å²) in [6.45, 7) is 0. The van der Waals surface area contributed by atoms with Gasteiger partial charge in [-0.05, 0) is 17.7 Å². The topological polar surface area (TPSA) is 80.0 Å². The van der Waals surface area contributed by atoms with Crippen molar-refractivity contribution in [3.8, 4) is 11.1 Å². The molecule has 3 aromatic rings. The van der Waals surface area contributed by atoms with Gasteiger partial charge in [0, 0.05) is 31.2 Å². The number of benzene rings is 1. The molecule has 0 saturated carbocycles. The standard InChI is InChI=1S/C19H17F3N4O2/c1-26-10-9-23-17(26)18(28,19(20,21)22)11-16(27)25-15-8-7-14(12-24-15)13-5-3-2-4-6-13/h2-10,12,28H,11H2,1H3,(H,24,25,27). The SMILES string of the molecule is Cn1ccnc1C(O)(CC(=O)Nc1ccc(-c2ccccc2)cn1)C(F)(F)F. The number of anilines is 1. The van der Waals surface area contributed by atoms with Crippen LogP contribution in [0.25, 0.3) is 11.1 Å². The Morgan fingerprint density at radius 1 is 1.11 bits per heavy atom. The number of halogens is 3. The van der Waals surface area contributed by atoms with Gasteiger partial charge in [-0.2, -0.15) is 13.2 Å². The fourth-order valence-corrected chi connectivity index (χ4v) is 2.76. The van der Waals surface area contributed by atoms with E-state index in [1.165, 1.54) is 25.5 Å². The van der Waals surface area contributed by atoms with Gasteiger partial charge >= 0.3 is 6.18 Å². The number of hydrogen-bond acceptors (Lipinski definition) is 4. The maximum atomic E-state index is 13.5. The smallest absolute Gasteiger partial charge is 0.374 e. The molecule has 2 N–H and O–H groups in total. The zero-order chi connectivity index (χ0) is 20.4. The summed E-state index contributed by atoms with van der Waals surface area (Å²) in [7, 11) is 1.31. The van der Waals surface area contributed by atoms with E-state index in [9.17, 15) is 23.1 Å². The molecule has 0 bridgehead atoms. The Morgan fingerprint density at radius 3 is 2.36 bits per heavy atom. The van der Waals surface area contributed by atoms with Crippen LogP contribution >= 0.6 is 0 Å². The number of alkyl halides is 3. The number of amides is 1. The van der Waals surface area contributed by atoms with Crippen molar-refractivity contribution in [3.05, 3.63) is 66.9 Å². The average Bonchev–Trinajstić information content (AvgIpc) is 3.08. The predicted molar refractivity (Wildman–Crippen MR) is 96.1 cm³/mol. The Bertz CT molecular complexity index is 955. The fourth-order valence-electron chi connectivity index (χ4n) is 2.76. The van der Waals surface area contributed by atoms with Crippen molar-refractivity contribution in [2.24, 2.45) is 7.05 Å². The second-order valence-electron chi connectivity index (χ2n) is 6.24. The molecular weight excluding hydrogens is 373 g/mol. The minimum Gasteiger partial charge on any atom is -0.374 e. The van der Waals surface area contributed by atoms with Gasteiger partial charge in [-0.1, -0.05) is 30.3 Å². The summed E-state index contributed by atoms with van der Waals surface area (Å²) in [4.78, 5) is 19.8. The first-order chi connectivity index (χ1) is 13.2. The van der Waals surface area contributed by atoms with Crippen molar-refractivity contribution in [1.29, 1.82) is 0 Å². The molecule has 9 heteroatoms. The van der Waals surface area contributed by atoms with Gasteiger partial charge in [-0.3, -0.25) is 4.79 Å². The van der Waals surface area contributed by atoms with E-state index in [1.54, 1.807) is 6.07 Å². The Balaban J connectivity index is 1.76. The van der Waals surface area contributed by atoms with Crippen molar-refractivity contribution in [1.82, 2.24) is 14.5 Å². The highest BCUT2D eigenvalue weighted by Crippen LogP contribution is 2.40. The highest BCUT2D eigenvalue weighted by Gasteiger charge is 2.58. The summed E-state index contributed by atoms with van der Waals surface area (Å²) in [5.41, 5.74) is -1.72. The number of carbonyl (C=O) groups excluding carboxylic acids is 1. The number of aryl methyl sites for hydroxylation is 1. The molecule has 0 radical (unpaired) electrons. The molecule has 28 heavy (non-hydrogen) atoms. The van der Waals surface area contributed by atoms with Crippen LogP contribution in [0.15, 0.2) is 61.1 Å². The summed E-state index contributed by atoms with van der Waals surface area (Å²) >= 11 is 0. The molecule has 0 aliphatic rings. The highest BCUT2D eigenvalue weighted by atomic mass is 19.4. The highest BCUT2D eigenvalue weighted by molar-refractivity contribution is 5.90. The number of rotatable bonds is 5. The van der Waals surface area contributed by atoms with Gasteiger partial charge in [0.1, 0.15) is 5.82 Å². The molecule has 0 fully saturated rings. The maximum absolute atomic E-state index is 13.5. The quantitative estimate of drug-likeness (QED) is 0.701. The van der Waals surface area contributed by atoms with E-state index in [2.05, 4.69) is 15.3 Å². The van der Waals surface area contributed by atoms with Gasteiger partial charge in [-0.15, -0.1) is 0 Å². The minimum absolute atomic E-state index is 0.0778. The molecule has 1 atom stereocenters. The molecule has 146 valence electrons. The van der Waals surface area contributed by atoms with Gasteiger partial charge in [0.2, 0.25) is 11.5 Å². The third-order valence-electron chi connectivity index (χ3n) is 4.21. The van der Waals surface area contributed by atoms with Crippen LogP contribution in [0.4, 0.5) is 19.0 Å². The lowest BCUT2D eigenvalue weighted by atomic mass is 9.97. The third kappa shape index (κ3) is 3.89. The second kappa shape index (κ2) is 7.43. The molecular formula is C19H17F3N4O2. The summed E-state index contributed by atoms with van der Waals surface area (Å²) in [5.74, 6) is -1.63. The molecule has 0 saturated heterocycles. The number of nitrogens with one attached hydrogen (secondary N) is 1. The predicted octanol–water partition coefficient (Wildman–Crippen LogP) is 3.26. The summed E-state index contributed by atoms with van der Waals surface area (Å²) in [6, 6.07) is 12.5. The van der Waals surface area contributed by atoms with E-state index < -0.39 is 29.9 Å². The second-order valence-corrected chi connectivity index (χ2v) is 6.24. The van der Waals surface area contributed by atoms with Gasteiger partial charge in [0.25, 0.3) is 0 Å². The molecule has 0 spiro atoms. The Morgan fingerprint density at radius 2 is 1.82 bits per heavy atom. The Hall–Kier alpha value is -3.20. The van der Waals surface area contributed by atoms with E-state index >= 15 is 0 Å².